The van der Waals surface area contributed by atoms with Crippen LogP contribution in [0.4, 0.5) is 0 Å². The molecule has 2 unspecified atom stereocenters. The van der Waals surface area contributed by atoms with E-state index in [1.807, 2.05) is 60.8 Å². The Morgan fingerprint density at radius 1 is 1.17 bits per heavy atom. The second kappa shape index (κ2) is 8.49. The van der Waals surface area contributed by atoms with E-state index in [0.29, 0.717) is 17.3 Å². The summed E-state index contributed by atoms with van der Waals surface area (Å²) in [6.45, 7) is 3.06. The van der Waals surface area contributed by atoms with Crippen molar-refractivity contribution in [2.24, 2.45) is 0 Å². The standard InChI is InChI=1S/C23H26N4O2/c1-16-14-18(12-13-24-16)25-23(28)21-15-27(19-6-4-3-5-7-19)26-22(21)17-8-10-20(29-2)11-9-17/h3-11,15-16,18,24H,12-14H2,1-2H3,(H,25,28). The Morgan fingerprint density at radius 2 is 1.93 bits per heavy atom. The SMILES string of the molecule is COc1ccc(-c2nn(-c3ccccc3)cc2C(=O)NC2CCNC(C)C2)cc1. The summed E-state index contributed by atoms with van der Waals surface area (Å²) < 4.78 is 7.02. The first-order valence-electron chi connectivity index (χ1n) is 9.98. The number of benzene rings is 2. The Bertz CT molecular complexity index is 966. The van der Waals surface area contributed by atoms with Gasteiger partial charge in [-0.1, -0.05) is 18.2 Å². The van der Waals surface area contributed by atoms with E-state index in [9.17, 15) is 4.79 Å². The molecule has 150 valence electrons. The van der Waals surface area contributed by atoms with Gasteiger partial charge in [0.05, 0.1) is 18.4 Å². The zero-order valence-electron chi connectivity index (χ0n) is 16.8. The summed E-state index contributed by atoms with van der Waals surface area (Å²) in [4.78, 5) is 13.2. The van der Waals surface area contributed by atoms with Gasteiger partial charge in [-0.05, 0) is 62.7 Å². The van der Waals surface area contributed by atoms with Gasteiger partial charge in [-0.15, -0.1) is 0 Å². The normalized spacial score (nSPS) is 19.0. The number of rotatable bonds is 5. The fourth-order valence-electron chi connectivity index (χ4n) is 3.74. The molecule has 6 nitrogen and oxygen atoms in total. The van der Waals surface area contributed by atoms with Crippen LogP contribution in [-0.4, -0.2) is 41.4 Å². The highest BCUT2D eigenvalue weighted by Crippen LogP contribution is 2.26. The highest BCUT2D eigenvalue weighted by molar-refractivity contribution is 6.00. The van der Waals surface area contributed by atoms with Crippen LogP contribution in [0.2, 0.25) is 0 Å². The Balaban J connectivity index is 1.68. The molecule has 0 saturated carbocycles. The summed E-state index contributed by atoms with van der Waals surface area (Å²) in [6, 6.07) is 18.0. The van der Waals surface area contributed by atoms with Gasteiger partial charge in [-0.25, -0.2) is 4.68 Å². The number of methoxy groups -OCH3 is 1. The first kappa shape index (κ1) is 19.2. The number of ether oxygens (including phenoxy) is 1. The van der Waals surface area contributed by atoms with Crippen LogP contribution in [0.5, 0.6) is 5.75 Å². The molecule has 29 heavy (non-hydrogen) atoms. The average Bonchev–Trinajstić information content (AvgIpc) is 3.20. The molecule has 1 aliphatic rings. The molecular weight excluding hydrogens is 364 g/mol. The van der Waals surface area contributed by atoms with Crippen molar-refractivity contribution in [2.75, 3.05) is 13.7 Å². The van der Waals surface area contributed by atoms with Gasteiger partial charge in [0.15, 0.2) is 0 Å². The Hall–Kier alpha value is -3.12. The molecule has 2 N–H and O–H groups in total. The van der Waals surface area contributed by atoms with Crippen LogP contribution in [0.1, 0.15) is 30.1 Å². The topological polar surface area (TPSA) is 68.2 Å². The van der Waals surface area contributed by atoms with Crippen LogP contribution < -0.4 is 15.4 Å². The maximum Gasteiger partial charge on any atom is 0.255 e. The smallest absolute Gasteiger partial charge is 0.255 e. The van der Waals surface area contributed by atoms with Crippen LogP contribution in [-0.2, 0) is 0 Å². The van der Waals surface area contributed by atoms with E-state index in [-0.39, 0.29) is 11.9 Å². The van der Waals surface area contributed by atoms with Crippen LogP contribution in [0.25, 0.3) is 16.9 Å². The van der Waals surface area contributed by atoms with E-state index in [2.05, 4.69) is 17.6 Å². The lowest BCUT2D eigenvalue weighted by Crippen LogP contribution is -2.46. The first-order chi connectivity index (χ1) is 14.1. The summed E-state index contributed by atoms with van der Waals surface area (Å²) in [5, 5.41) is 11.4. The maximum atomic E-state index is 13.2. The number of nitrogens with one attached hydrogen (secondary N) is 2. The van der Waals surface area contributed by atoms with Crippen molar-refractivity contribution in [3.8, 4) is 22.7 Å². The fraction of sp³-hybridized carbons (Fsp3) is 0.304. The molecule has 0 aliphatic carbocycles. The Morgan fingerprint density at radius 3 is 2.62 bits per heavy atom. The van der Waals surface area contributed by atoms with E-state index >= 15 is 0 Å². The van der Waals surface area contributed by atoms with Crippen molar-refractivity contribution < 1.29 is 9.53 Å². The van der Waals surface area contributed by atoms with Gasteiger partial charge in [0.25, 0.3) is 5.91 Å². The van der Waals surface area contributed by atoms with Gasteiger partial charge in [-0.2, -0.15) is 5.10 Å². The number of aromatic nitrogens is 2. The minimum Gasteiger partial charge on any atom is -0.497 e. The lowest BCUT2D eigenvalue weighted by molar-refractivity contribution is 0.0926. The van der Waals surface area contributed by atoms with Gasteiger partial charge in [0.1, 0.15) is 11.4 Å². The number of nitrogens with zero attached hydrogens (tertiary/aromatic N) is 2. The second-order valence-electron chi connectivity index (χ2n) is 7.45. The van der Waals surface area contributed by atoms with Gasteiger partial charge in [0.2, 0.25) is 0 Å². The summed E-state index contributed by atoms with van der Waals surface area (Å²) in [5.41, 5.74) is 3.03. The number of carbonyl (C=O) groups is 1. The second-order valence-corrected chi connectivity index (χ2v) is 7.45. The summed E-state index contributed by atoms with van der Waals surface area (Å²) in [6.07, 6.45) is 3.67. The molecule has 2 aromatic carbocycles. The molecular formula is C23H26N4O2. The van der Waals surface area contributed by atoms with E-state index in [1.54, 1.807) is 11.8 Å². The molecule has 2 atom stereocenters. The minimum absolute atomic E-state index is 0.0860. The molecule has 1 aliphatic heterocycles. The predicted octanol–water partition coefficient (Wildman–Crippen LogP) is 3.42. The maximum absolute atomic E-state index is 13.2. The predicted molar refractivity (Wildman–Crippen MR) is 114 cm³/mol. The van der Waals surface area contributed by atoms with Crippen molar-refractivity contribution >= 4 is 5.91 Å². The molecule has 6 heteroatoms. The van der Waals surface area contributed by atoms with E-state index in [1.165, 1.54) is 0 Å². The van der Waals surface area contributed by atoms with Gasteiger partial charge >= 0.3 is 0 Å². The van der Waals surface area contributed by atoms with Crippen LogP contribution >= 0.6 is 0 Å². The lowest BCUT2D eigenvalue weighted by Gasteiger charge is -2.28. The van der Waals surface area contributed by atoms with Crippen molar-refractivity contribution in [3.05, 3.63) is 66.4 Å². The Labute approximate surface area is 170 Å². The van der Waals surface area contributed by atoms with Gasteiger partial charge < -0.3 is 15.4 Å². The fourth-order valence-corrected chi connectivity index (χ4v) is 3.74. The van der Waals surface area contributed by atoms with E-state index in [4.69, 9.17) is 9.84 Å². The Kier molecular flexibility index (Phi) is 5.62. The number of amides is 1. The zero-order chi connectivity index (χ0) is 20.2. The van der Waals surface area contributed by atoms with E-state index in [0.717, 1.165) is 36.4 Å². The highest BCUT2D eigenvalue weighted by Gasteiger charge is 2.24. The van der Waals surface area contributed by atoms with Crippen molar-refractivity contribution in [1.82, 2.24) is 20.4 Å². The molecule has 0 radical (unpaired) electrons. The number of carbonyl (C=O) groups excluding carboxylic acids is 1. The van der Waals surface area contributed by atoms with Crippen molar-refractivity contribution in [3.63, 3.8) is 0 Å². The molecule has 1 amide bonds. The van der Waals surface area contributed by atoms with E-state index < -0.39 is 0 Å². The van der Waals surface area contributed by atoms with Gasteiger partial charge in [-0.3, -0.25) is 4.79 Å². The molecule has 4 rings (SSSR count). The van der Waals surface area contributed by atoms with Crippen molar-refractivity contribution in [1.29, 1.82) is 0 Å². The molecule has 2 heterocycles. The zero-order valence-corrected chi connectivity index (χ0v) is 16.8. The highest BCUT2D eigenvalue weighted by atomic mass is 16.5. The average molecular weight is 390 g/mol. The van der Waals surface area contributed by atoms with Crippen LogP contribution in [0.3, 0.4) is 0 Å². The summed E-state index contributed by atoms with van der Waals surface area (Å²) in [7, 11) is 1.64. The molecule has 1 aromatic heterocycles. The molecule has 3 aromatic rings. The number of para-hydroxylation sites is 1. The van der Waals surface area contributed by atoms with Crippen molar-refractivity contribution in [2.45, 2.75) is 31.8 Å². The molecule has 0 spiro atoms. The molecule has 1 saturated heterocycles. The summed E-state index contributed by atoms with van der Waals surface area (Å²) in [5.74, 6) is 0.683. The number of hydrogen-bond donors (Lipinski definition) is 2. The molecule has 1 fully saturated rings. The minimum atomic E-state index is -0.0860. The third-order valence-electron chi connectivity index (χ3n) is 5.30. The quantitative estimate of drug-likeness (QED) is 0.701. The monoisotopic (exact) mass is 390 g/mol. The van der Waals surface area contributed by atoms with Crippen LogP contribution in [0.15, 0.2) is 60.8 Å². The lowest BCUT2D eigenvalue weighted by atomic mass is 10.00. The first-order valence-corrected chi connectivity index (χ1v) is 9.98. The summed E-state index contributed by atoms with van der Waals surface area (Å²) >= 11 is 0. The van der Waals surface area contributed by atoms with Crippen LogP contribution in [0, 0.1) is 0 Å². The number of piperidine rings is 1. The third-order valence-corrected chi connectivity index (χ3v) is 5.30. The number of hydrogen-bond acceptors (Lipinski definition) is 4. The third kappa shape index (κ3) is 4.32. The molecule has 0 bridgehead atoms. The largest absolute Gasteiger partial charge is 0.497 e. The van der Waals surface area contributed by atoms with Gasteiger partial charge in [0, 0.05) is 23.8 Å².